The van der Waals surface area contributed by atoms with Gasteiger partial charge in [-0.1, -0.05) is 31.2 Å². The molecule has 11 heteroatoms. The summed E-state index contributed by atoms with van der Waals surface area (Å²) in [5.74, 6) is -1.16. The second kappa shape index (κ2) is 11.2. The maximum atomic E-state index is 13.5. The predicted octanol–water partition coefficient (Wildman–Crippen LogP) is 5.49. The Kier molecular flexibility index (Phi) is 7.96. The third kappa shape index (κ3) is 5.46. The van der Waals surface area contributed by atoms with E-state index in [-0.39, 0.29) is 51.7 Å². The number of aromatic nitrogens is 1. The number of hydrogen-bond acceptors (Lipinski definition) is 5. The third-order valence-electron chi connectivity index (χ3n) is 6.59. The predicted molar refractivity (Wildman–Crippen MR) is 147 cm³/mol. The topological polar surface area (TPSA) is 88.7 Å². The molecule has 39 heavy (non-hydrogen) atoms. The van der Waals surface area contributed by atoms with Gasteiger partial charge in [-0.25, -0.2) is 8.78 Å². The van der Waals surface area contributed by atoms with Crippen LogP contribution in [0.5, 0.6) is 0 Å². The van der Waals surface area contributed by atoms with Crippen molar-refractivity contribution < 1.29 is 18.5 Å². The van der Waals surface area contributed by atoms with Crippen molar-refractivity contribution in [1.29, 1.82) is 0 Å². The van der Waals surface area contributed by atoms with Crippen LogP contribution in [0.2, 0.25) is 5.02 Å². The Morgan fingerprint density at radius 3 is 2.10 bits per heavy atom. The number of hydrogen-bond donors (Lipinski definition) is 0. The van der Waals surface area contributed by atoms with E-state index in [0.717, 1.165) is 0 Å². The average molecular weight is 555 g/mol. The monoisotopic (exact) mass is 554 g/mol. The van der Waals surface area contributed by atoms with Crippen molar-refractivity contribution >= 4 is 39.8 Å². The van der Waals surface area contributed by atoms with Gasteiger partial charge in [0.25, 0.3) is 5.91 Å². The van der Waals surface area contributed by atoms with Crippen LogP contribution in [0.15, 0.2) is 71.5 Å². The van der Waals surface area contributed by atoms with Crippen molar-refractivity contribution in [2.24, 2.45) is 0 Å². The Bertz CT molecular complexity index is 1600. The number of rotatable bonds is 5. The number of amides is 1. The summed E-state index contributed by atoms with van der Waals surface area (Å²) in [6.45, 7) is 0.952. The fourth-order valence-electron chi connectivity index (χ4n) is 4.72. The van der Waals surface area contributed by atoms with E-state index in [1.165, 1.54) is 53.1 Å². The summed E-state index contributed by atoms with van der Waals surface area (Å²) in [6, 6.07) is 15.6. The number of halogens is 3. The average Bonchev–Trinajstić information content (AvgIpc) is 2.91. The number of benzene rings is 3. The first kappa shape index (κ1) is 27.7. The number of piperazine rings is 1. The van der Waals surface area contributed by atoms with Crippen LogP contribution in [-0.4, -0.2) is 46.5 Å². The largest absolute Gasteiger partial charge is 0.362 e. The first-order valence-corrected chi connectivity index (χ1v) is 12.2. The van der Waals surface area contributed by atoms with Crippen LogP contribution < -0.4 is 10.5 Å². The van der Waals surface area contributed by atoms with Crippen molar-refractivity contribution in [3.63, 3.8) is 0 Å². The normalized spacial score (nSPS) is 13.3. The summed E-state index contributed by atoms with van der Waals surface area (Å²) in [7, 11) is 0. The van der Waals surface area contributed by atoms with E-state index in [9.17, 15) is 28.5 Å². The maximum absolute atomic E-state index is 13.5. The van der Waals surface area contributed by atoms with Gasteiger partial charge in [-0.2, -0.15) is 0 Å². The van der Waals surface area contributed by atoms with Gasteiger partial charge in [0.2, 0.25) is 0 Å². The molecule has 1 amide bonds. The molecule has 1 aliphatic rings. The van der Waals surface area contributed by atoms with Crippen LogP contribution in [0.1, 0.15) is 23.3 Å². The lowest BCUT2D eigenvalue weighted by Gasteiger charge is -2.36. The molecule has 2 heterocycles. The highest BCUT2D eigenvalue weighted by molar-refractivity contribution is 6.31. The summed E-state index contributed by atoms with van der Waals surface area (Å²) in [6.07, 6.45) is 0. The molecule has 1 saturated heterocycles. The summed E-state index contributed by atoms with van der Waals surface area (Å²) in [5, 5.41) is 13.0. The minimum absolute atomic E-state index is 0. The first-order chi connectivity index (χ1) is 18.2. The molecule has 0 atom stereocenters. The van der Waals surface area contributed by atoms with E-state index in [1.807, 2.05) is 0 Å². The molecule has 4 aromatic rings. The molecule has 3 aromatic carbocycles. The summed E-state index contributed by atoms with van der Waals surface area (Å²) < 4.78 is 27.9. The van der Waals surface area contributed by atoms with Crippen LogP contribution >= 0.6 is 11.6 Å². The van der Waals surface area contributed by atoms with Gasteiger partial charge in [0, 0.05) is 42.2 Å². The van der Waals surface area contributed by atoms with Crippen molar-refractivity contribution in [2.45, 2.75) is 14.0 Å². The van der Waals surface area contributed by atoms with E-state index in [2.05, 4.69) is 0 Å². The third-order valence-corrected chi connectivity index (χ3v) is 6.82. The van der Waals surface area contributed by atoms with Crippen LogP contribution in [0.25, 0.3) is 10.9 Å². The maximum Gasteiger partial charge on any atom is 0.357 e. The zero-order valence-electron chi connectivity index (χ0n) is 19.9. The molecular formula is C28H25ClF2N4O4. The molecule has 1 aromatic heterocycles. The number of nitro groups is 1. The van der Waals surface area contributed by atoms with Gasteiger partial charge in [0.15, 0.2) is 0 Å². The minimum Gasteiger partial charge on any atom is -0.362 e. The standard InChI is InChI=1S/C27H21ClF2N4O4.CH4/c28-19-5-10-23-22(15-19)24(25(34(37)38)27(36)33(23)16-17-1-6-20(29)7-2-17)31-11-13-32(14-12-31)26(35)18-3-8-21(30)9-4-18;/h1-10,15H,11-14,16H2;1H4. The first-order valence-electron chi connectivity index (χ1n) is 11.8. The Balaban J connectivity index is 0.00000353. The molecule has 0 N–H and O–H groups in total. The van der Waals surface area contributed by atoms with Gasteiger partial charge in [-0.15, -0.1) is 0 Å². The number of carbonyl (C=O) groups is 1. The van der Waals surface area contributed by atoms with Crippen LogP contribution in [-0.2, 0) is 6.54 Å². The van der Waals surface area contributed by atoms with Crippen LogP contribution in [0, 0.1) is 21.7 Å². The van der Waals surface area contributed by atoms with Crippen LogP contribution in [0.3, 0.4) is 0 Å². The molecule has 0 radical (unpaired) electrons. The van der Waals surface area contributed by atoms with E-state index < -0.39 is 27.8 Å². The number of nitrogens with zero attached hydrogens (tertiary/aromatic N) is 4. The molecule has 0 unspecified atom stereocenters. The van der Waals surface area contributed by atoms with Crippen molar-refractivity contribution in [2.75, 3.05) is 31.1 Å². The van der Waals surface area contributed by atoms with E-state index in [4.69, 9.17) is 11.6 Å². The Morgan fingerprint density at radius 2 is 1.51 bits per heavy atom. The highest BCUT2D eigenvalue weighted by Crippen LogP contribution is 2.36. The molecule has 202 valence electrons. The molecule has 1 fully saturated rings. The second-order valence-electron chi connectivity index (χ2n) is 8.92. The second-order valence-corrected chi connectivity index (χ2v) is 9.36. The smallest absolute Gasteiger partial charge is 0.357 e. The highest BCUT2D eigenvalue weighted by Gasteiger charge is 2.32. The summed E-state index contributed by atoms with van der Waals surface area (Å²) >= 11 is 6.28. The number of carbonyl (C=O) groups excluding carboxylic acids is 1. The molecular weight excluding hydrogens is 530 g/mol. The van der Waals surface area contributed by atoms with E-state index >= 15 is 0 Å². The Morgan fingerprint density at radius 1 is 0.923 bits per heavy atom. The minimum atomic E-state index is -0.797. The van der Waals surface area contributed by atoms with Crippen molar-refractivity contribution in [3.05, 3.63) is 115 Å². The lowest BCUT2D eigenvalue weighted by atomic mass is 10.1. The Hall–Kier alpha value is -4.31. The van der Waals surface area contributed by atoms with Gasteiger partial charge >= 0.3 is 11.2 Å². The fourth-order valence-corrected chi connectivity index (χ4v) is 4.89. The van der Waals surface area contributed by atoms with Crippen molar-refractivity contribution in [3.8, 4) is 0 Å². The number of fused-ring (bicyclic) bond motifs is 1. The molecule has 8 nitrogen and oxygen atoms in total. The van der Waals surface area contributed by atoms with Gasteiger partial charge < -0.3 is 9.80 Å². The van der Waals surface area contributed by atoms with Gasteiger partial charge in [-0.3, -0.25) is 24.3 Å². The molecule has 5 rings (SSSR count). The number of anilines is 1. The van der Waals surface area contributed by atoms with E-state index in [0.29, 0.717) is 27.1 Å². The van der Waals surface area contributed by atoms with Gasteiger partial charge in [0.1, 0.15) is 17.3 Å². The summed E-state index contributed by atoms with van der Waals surface area (Å²) in [4.78, 5) is 41.2. The molecule has 0 aliphatic carbocycles. The quantitative estimate of drug-likeness (QED) is 0.240. The Labute approximate surface area is 227 Å². The molecule has 0 spiro atoms. The lowest BCUT2D eigenvalue weighted by Crippen LogP contribution is -2.49. The van der Waals surface area contributed by atoms with Gasteiger partial charge in [0.05, 0.1) is 17.0 Å². The molecule has 0 bridgehead atoms. The fraction of sp³-hybridized carbons (Fsp3) is 0.214. The zero-order chi connectivity index (χ0) is 27.0. The molecule has 1 aliphatic heterocycles. The van der Waals surface area contributed by atoms with Gasteiger partial charge in [-0.05, 0) is 60.2 Å². The van der Waals surface area contributed by atoms with Crippen molar-refractivity contribution in [1.82, 2.24) is 9.47 Å². The van der Waals surface area contributed by atoms with E-state index in [1.54, 1.807) is 28.0 Å². The number of pyridine rings is 1. The van der Waals surface area contributed by atoms with Crippen LogP contribution in [0.4, 0.5) is 20.2 Å². The zero-order valence-corrected chi connectivity index (χ0v) is 20.7. The highest BCUT2D eigenvalue weighted by atomic mass is 35.5. The molecule has 0 saturated carbocycles. The lowest BCUT2D eigenvalue weighted by molar-refractivity contribution is -0.385. The summed E-state index contributed by atoms with van der Waals surface area (Å²) in [5.41, 5.74) is 0.121. The SMILES string of the molecule is C.O=C(c1ccc(F)cc1)N1CCN(c2c([N+](=O)[O-])c(=O)n(Cc3ccc(F)cc3)c3ccc(Cl)cc23)CC1.